The molecule has 6 nitrogen and oxygen atoms in total. The first kappa shape index (κ1) is 16.8. The highest BCUT2D eigenvalue weighted by atomic mass is 16.3. The molecule has 26 heavy (non-hydrogen) atoms. The van der Waals surface area contributed by atoms with Crippen LogP contribution < -0.4 is 0 Å². The molecule has 0 bridgehead atoms. The average molecular weight is 353 g/mol. The van der Waals surface area contributed by atoms with Crippen molar-refractivity contribution in [3.05, 3.63) is 53.7 Å². The van der Waals surface area contributed by atoms with Gasteiger partial charge in [-0.2, -0.15) is 0 Å². The second kappa shape index (κ2) is 6.59. The topological polar surface area (TPSA) is 66.7 Å². The fourth-order valence-electron chi connectivity index (χ4n) is 4.06. The van der Waals surface area contributed by atoms with Crippen molar-refractivity contribution < 1.29 is 14.0 Å². The Kier molecular flexibility index (Phi) is 4.26. The summed E-state index contributed by atoms with van der Waals surface area (Å²) >= 11 is 0. The van der Waals surface area contributed by atoms with Gasteiger partial charge in [0, 0.05) is 50.4 Å². The van der Waals surface area contributed by atoms with Gasteiger partial charge in [0.05, 0.1) is 0 Å². The number of likely N-dealkylation sites (tertiary alicyclic amines) is 2. The lowest BCUT2D eigenvalue weighted by atomic mass is 9.77. The van der Waals surface area contributed by atoms with Crippen LogP contribution in [0.4, 0.5) is 0 Å². The Hall–Kier alpha value is -2.63. The Morgan fingerprint density at radius 2 is 1.92 bits per heavy atom. The molecule has 4 rings (SSSR count). The number of amides is 2. The first-order valence-electron chi connectivity index (χ1n) is 9.07. The van der Waals surface area contributed by atoms with Gasteiger partial charge in [-0.25, -0.2) is 0 Å². The van der Waals surface area contributed by atoms with Crippen molar-refractivity contribution in [3.8, 4) is 0 Å². The molecule has 2 fully saturated rings. The Labute approximate surface area is 152 Å². The van der Waals surface area contributed by atoms with Crippen LogP contribution in [0, 0.1) is 12.3 Å². The van der Waals surface area contributed by atoms with Gasteiger partial charge in [0.15, 0.2) is 5.76 Å². The van der Waals surface area contributed by atoms with Crippen LogP contribution in [-0.4, -0.2) is 46.2 Å². The first-order valence-corrected chi connectivity index (χ1v) is 9.07. The minimum absolute atomic E-state index is 0.0000254. The highest BCUT2D eigenvalue weighted by Crippen LogP contribution is 2.41. The van der Waals surface area contributed by atoms with Gasteiger partial charge < -0.3 is 14.2 Å². The largest absolute Gasteiger partial charge is 0.456 e. The molecule has 2 amide bonds. The zero-order valence-corrected chi connectivity index (χ0v) is 15.0. The van der Waals surface area contributed by atoms with E-state index in [1.807, 2.05) is 34.9 Å². The van der Waals surface area contributed by atoms with E-state index < -0.39 is 0 Å². The fourth-order valence-corrected chi connectivity index (χ4v) is 4.06. The predicted molar refractivity (Wildman–Crippen MR) is 95.3 cm³/mol. The van der Waals surface area contributed by atoms with Crippen LogP contribution in [0.15, 0.2) is 41.1 Å². The van der Waals surface area contributed by atoms with E-state index in [-0.39, 0.29) is 17.2 Å². The van der Waals surface area contributed by atoms with Crippen LogP contribution in [0.3, 0.4) is 0 Å². The molecule has 2 aliphatic rings. The van der Waals surface area contributed by atoms with E-state index in [0.29, 0.717) is 31.8 Å². The zero-order chi connectivity index (χ0) is 18.1. The molecule has 1 spiro atoms. The van der Waals surface area contributed by atoms with E-state index >= 15 is 0 Å². The van der Waals surface area contributed by atoms with Gasteiger partial charge in [0.25, 0.3) is 5.91 Å². The summed E-state index contributed by atoms with van der Waals surface area (Å²) in [6.45, 7) is 4.60. The molecular weight excluding hydrogens is 330 g/mol. The molecule has 0 aliphatic carbocycles. The summed E-state index contributed by atoms with van der Waals surface area (Å²) in [4.78, 5) is 32.9. The maximum atomic E-state index is 12.5. The highest BCUT2D eigenvalue weighted by Gasteiger charge is 2.45. The van der Waals surface area contributed by atoms with Gasteiger partial charge in [-0.3, -0.25) is 14.6 Å². The van der Waals surface area contributed by atoms with Crippen LogP contribution >= 0.6 is 0 Å². The summed E-state index contributed by atoms with van der Waals surface area (Å²) < 4.78 is 5.46. The number of carbonyl (C=O) groups excluding carboxylic acids is 2. The molecule has 0 saturated carbocycles. The standard InChI is InChI=1S/C20H23N3O3/c1-15-2-3-17(26-15)19(25)22-10-6-20(7-11-22)12-18(24)23(14-20)13-16-4-8-21-9-5-16/h2-5,8-9H,6-7,10-14H2,1H3. The fraction of sp³-hybridized carbons (Fsp3) is 0.450. The van der Waals surface area contributed by atoms with Crippen LogP contribution in [0.2, 0.25) is 0 Å². The van der Waals surface area contributed by atoms with Gasteiger partial charge in [-0.15, -0.1) is 0 Å². The maximum Gasteiger partial charge on any atom is 0.289 e. The van der Waals surface area contributed by atoms with Gasteiger partial charge in [-0.05, 0) is 49.6 Å². The molecule has 0 radical (unpaired) electrons. The van der Waals surface area contributed by atoms with Crippen molar-refractivity contribution in [2.75, 3.05) is 19.6 Å². The van der Waals surface area contributed by atoms with Crippen LogP contribution in [0.5, 0.6) is 0 Å². The number of carbonyl (C=O) groups is 2. The Bertz CT molecular complexity index is 807. The molecule has 0 aromatic carbocycles. The second-order valence-corrected chi connectivity index (χ2v) is 7.48. The molecular formula is C20H23N3O3. The van der Waals surface area contributed by atoms with Crippen molar-refractivity contribution in [3.63, 3.8) is 0 Å². The monoisotopic (exact) mass is 353 g/mol. The smallest absolute Gasteiger partial charge is 0.289 e. The van der Waals surface area contributed by atoms with E-state index in [1.54, 1.807) is 18.5 Å². The lowest BCUT2D eigenvalue weighted by Gasteiger charge is -2.38. The van der Waals surface area contributed by atoms with Crippen LogP contribution in [0.1, 0.15) is 41.1 Å². The SMILES string of the molecule is Cc1ccc(C(=O)N2CCC3(CC2)CC(=O)N(Cc2ccncc2)C3)o1. The number of rotatable bonds is 3. The minimum atomic E-state index is -0.0501. The summed E-state index contributed by atoms with van der Waals surface area (Å²) in [5.41, 5.74) is 1.10. The molecule has 2 aliphatic heterocycles. The molecule has 136 valence electrons. The van der Waals surface area contributed by atoms with Crippen molar-refractivity contribution in [2.45, 2.75) is 32.7 Å². The molecule has 2 saturated heterocycles. The number of nitrogens with zero attached hydrogens (tertiary/aromatic N) is 3. The Morgan fingerprint density at radius 3 is 2.58 bits per heavy atom. The molecule has 4 heterocycles. The number of aryl methyl sites for hydroxylation is 1. The van der Waals surface area contributed by atoms with E-state index in [0.717, 1.165) is 30.7 Å². The average Bonchev–Trinajstić information content (AvgIpc) is 3.20. The summed E-state index contributed by atoms with van der Waals surface area (Å²) in [7, 11) is 0. The van der Waals surface area contributed by atoms with E-state index in [9.17, 15) is 9.59 Å². The summed E-state index contributed by atoms with van der Waals surface area (Å²) in [5, 5.41) is 0. The van der Waals surface area contributed by atoms with E-state index in [4.69, 9.17) is 4.42 Å². The van der Waals surface area contributed by atoms with Crippen LogP contribution in [0.25, 0.3) is 0 Å². The predicted octanol–water partition coefficient (Wildman–Crippen LogP) is 2.64. The first-order chi connectivity index (χ1) is 12.5. The number of pyridine rings is 1. The quantitative estimate of drug-likeness (QED) is 0.851. The summed E-state index contributed by atoms with van der Waals surface area (Å²) in [5.74, 6) is 1.31. The number of aromatic nitrogens is 1. The lowest BCUT2D eigenvalue weighted by Crippen LogP contribution is -2.44. The van der Waals surface area contributed by atoms with Gasteiger partial charge in [0.1, 0.15) is 5.76 Å². The zero-order valence-electron chi connectivity index (χ0n) is 15.0. The van der Waals surface area contributed by atoms with Crippen LogP contribution in [-0.2, 0) is 11.3 Å². The van der Waals surface area contributed by atoms with Crippen molar-refractivity contribution in [2.24, 2.45) is 5.41 Å². The third kappa shape index (κ3) is 3.23. The van der Waals surface area contributed by atoms with Crippen molar-refractivity contribution in [1.29, 1.82) is 0 Å². The highest BCUT2D eigenvalue weighted by molar-refractivity contribution is 5.91. The summed E-state index contributed by atoms with van der Waals surface area (Å²) in [6.07, 6.45) is 5.81. The number of furan rings is 1. The normalized spacial score (nSPS) is 19.3. The molecule has 2 aromatic heterocycles. The Balaban J connectivity index is 1.38. The van der Waals surface area contributed by atoms with E-state index in [2.05, 4.69) is 4.98 Å². The lowest BCUT2D eigenvalue weighted by molar-refractivity contribution is -0.128. The third-order valence-corrected chi connectivity index (χ3v) is 5.59. The number of piperidine rings is 1. The molecule has 0 N–H and O–H groups in total. The summed E-state index contributed by atoms with van der Waals surface area (Å²) in [6, 6.07) is 7.44. The molecule has 0 unspecified atom stereocenters. The molecule has 2 aromatic rings. The van der Waals surface area contributed by atoms with Gasteiger partial charge in [-0.1, -0.05) is 0 Å². The molecule has 6 heteroatoms. The number of hydrogen-bond donors (Lipinski definition) is 0. The molecule has 0 atom stereocenters. The van der Waals surface area contributed by atoms with Crippen molar-refractivity contribution >= 4 is 11.8 Å². The maximum absolute atomic E-state index is 12.5. The van der Waals surface area contributed by atoms with Gasteiger partial charge in [0.2, 0.25) is 5.91 Å². The minimum Gasteiger partial charge on any atom is -0.456 e. The Morgan fingerprint density at radius 1 is 1.19 bits per heavy atom. The third-order valence-electron chi connectivity index (χ3n) is 5.59. The second-order valence-electron chi connectivity index (χ2n) is 7.48. The number of hydrogen-bond acceptors (Lipinski definition) is 4. The van der Waals surface area contributed by atoms with E-state index in [1.165, 1.54) is 0 Å². The van der Waals surface area contributed by atoms with Gasteiger partial charge >= 0.3 is 0 Å². The van der Waals surface area contributed by atoms with Crippen molar-refractivity contribution in [1.82, 2.24) is 14.8 Å².